The summed E-state index contributed by atoms with van der Waals surface area (Å²) in [6, 6.07) is 4.22. The zero-order chi connectivity index (χ0) is 60.7. The molecule has 2 amide bonds. The third-order valence-corrected chi connectivity index (χ3v) is 15.9. The first-order valence-electron chi connectivity index (χ1n) is 27.4. The molecule has 3 aliphatic heterocycles. The molecule has 83 heavy (non-hydrogen) atoms. The van der Waals surface area contributed by atoms with E-state index < -0.39 is 71.2 Å². The Labute approximate surface area is 487 Å². The molecule has 1 fully saturated rings. The second-order valence-electron chi connectivity index (χ2n) is 20.8. The third-order valence-electron chi connectivity index (χ3n) is 13.4. The Morgan fingerprint density at radius 2 is 1.30 bits per heavy atom. The van der Waals surface area contributed by atoms with E-state index in [4.69, 9.17) is 47.5 Å². The van der Waals surface area contributed by atoms with Gasteiger partial charge in [0, 0.05) is 67.7 Å². The number of hydrogen-bond donors (Lipinski definition) is 3. The molecule has 5 rings (SSSR count). The zero-order valence-electron chi connectivity index (χ0n) is 47.9. The normalized spacial score (nSPS) is 19.0. The second kappa shape index (κ2) is 33.1. The van der Waals surface area contributed by atoms with Crippen molar-refractivity contribution in [1.82, 2.24) is 9.96 Å². The van der Waals surface area contributed by atoms with Crippen LogP contribution in [0.25, 0.3) is 0 Å². The SMILES string of the molecule is COCCOCCOCCOCCN(CCCS(=O)(=O)O)C1=CC2OC(/C=C/C=C3/N(CCOCCOCCOCCOCCC(=O)ON4C(=O)CCC4=O)c4ccc(S(=O)(=O)O)cc4C3(C)CCCS(=O)(=O)O)=CC(C(C)(C)C)=C2C=C1. The van der Waals surface area contributed by atoms with Crippen molar-refractivity contribution in [3.8, 4) is 0 Å². The number of rotatable bonds is 40. The Morgan fingerprint density at radius 1 is 0.747 bits per heavy atom. The molecular formula is C55H81N3O22S3. The summed E-state index contributed by atoms with van der Waals surface area (Å²) in [5.74, 6) is -2.38. The van der Waals surface area contributed by atoms with Crippen molar-refractivity contribution in [1.29, 1.82) is 0 Å². The van der Waals surface area contributed by atoms with E-state index in [9.17, 15) is 53.3 Å². The number of amides is 2. The average Bonchev–Trinajstić information content (AvgIpc) is 2.05. The molecule has 2 atom stereocenters. The monoisotopic (exact) mass is 1230 g/mol. The topological polar surface area (TPSA) is 316 Å². The maximum Gasteiger partial charge on any atom is 0.335 e. The number of hydroxylamine groups is 2. The van der Waals surface area contributed by atoms with Gasteiger partial charge in [-0.05, 0) is 91.3 Å². The van der Waals surface area contributed by atoms with E-state index in [1.807, 2.05) is 47.1 Å². The molecule has 0 bridgehead atoms. The van der Waals surface area contributed by atoms with Crippen LogP contribution in [0.1, 0.15) is 71.8 Å². The number of anilines is 1. The Kier molecular flexibility index (Phi) is 27.5. The van der Waals surface area contributed by atoms with Crippen molar-refractivity contribution < 1.29 is 101 Å². The van der Waals surface area contributed by atoms with Crippen molar-refractivity contribution in [2.45, 2.75) is 82.6 Å². The zero-order valence-corrected chi connectivity index (χ0v) is 50.3. The van der Waals surface area contributed by atoms with Gasteiger partial charge in [0.25, 0.3) is 42.2 Å². The lowest BCUT2D eigenvalue weighted by Gasteiger charge is -2.35. The number of imide groups is 1. The molecule has 0 radical (unpaired) electrons. The van der Waals surface area contributed by atoms with Gasteiger partial charge in [-0.2, -0.15) is 25.3 Å². The van der Waals surface area contributed by atoms with Gasteiger partial charge in [-0.1, -0.05) is 32.9 Å². The van der Waals surface area contributed by atoms with Gasteiger partial charge in [0.2, 0.25) is 0 Å². The van der Waals surface area contributed by atoms with Crippen LogP contribution in [0.3, 0.4) is 0 Å². The van der Waals surface area contributed by atoms with Gasteiger partial charge in [-0.15, -0.1) is 5.06 Å². The van der Waals surface area contributed by atoms with Gasteiger partial charge in [0.1, 0.15) is 11.9 Å². The number of fused-ring (bicyclic) bond motifs is 2. The van der Waals surface area contributed by atoms with Gasteiger partial charge in [-0.3, -0.25) is 23.2 Å². The molecule has 0 aromatic heterocycles. The number of benzene rings is 1. The summed E-state index contributed by atoms with van der Waals surface area (Å²) < 4.78 is 153. The summed E-state index contributed by atoms with van der Waals surface area (Å²) in [6.45, 7) is 13.2. The van der Waals surface area contributed by atoms with Gasteiger partial charge >= 0.3 is 5.97 Å². The highest BCUT2D eigenvalue weighted by Gasteiger charge is 2.44. The van der Waals surface area contributed by atoms with Crippen LogP contribution in [0, 0.1) is 5.41 Å². The van der Waals surface area contributed by atoms with E-state index >= 15 is 0 Å². The minimum atomic E-state index is -4.66. The van der Waals surface area contributed by atoms with E-state index in [0.29, 0.717) is 80.6 Å². The highest BCUT2D eigenvalue weighted by atomic mass is 32.2. The van der Waals surface area contributed by atoms with Gasteiger partial charge < -0.3 is 57.3 Å². The summed E-state index contributed by atoms with van der Waals surface area (Å²) in [7, 11) is -11.6. The van der Waals surface area contributed by atoms with Crippen molar-refractivity contribution in [3.05, 3.63) is 94.6 Å². The summed E-state index contributed by atoms with van der Waals surface area (Å²) in [5.41, 5.74) is 2.96. The summed E-state index contributed by atoms with van der Waals surface area (Å²) >= 11 is 0. The molecule has 25 nitrogen and oxygen atoms in total. The average molecular weight is 1230 g/mol. The summed E-state index contributed by atoms with van der Waals surface area (Å²) in [5, 5.41) is 0.482. The molecular weight excluding hydrogens is 1150 g/mol. The molecule has 4 aliphatic rings. The van der Waals surface area contributed by atoms with Crippen molar-refractivity contribution in [2.24, 2.45) is 5.41 Å². The van der Waals surface area contributed by atoms with E-state index in [1.165, 1.54) is 12.1 Å². The fraction of sp³-hybridized carbons (Fsp3) is 0.618. The Balaban J connectivity index is 1.26. The molecule has 0 saturated carbocycles. The largest absolute Gasteiger partial charge is 0.482 e. The molecule has 2 unspecified atom stereocenters. The van der Waals surface area contributed by atoms with Crippen LogP contribution in [-0.2, 0) is 97.6 Å². The first-order chi connectivity index (χ1) is 39.3. The van der Waals surface area contributed by atoms with Crippen molar-refractivity contribution in [2.75, 3.05) is 142 Å². The lowest BCUT2D eigenvalue weighted by atomic mass is 9.77. The number of ether oxygens (including phenoxy) is 9. The molecule has 0 spiro atoms. The molecule has 1 aromatic rings. The standard InChI is InChI=1S/C55H81N3O22S3/c1-54(2,3)46-40-43(79-49-39-42(11-13-45(46)49)56(19-8-38-82(65,66)67)20-23-73-28-31-77-34-33-75-26-25-71-5)9-6-10-50-55(4,18-7-37-81(62,63)64)47-41-44(83(68,69)70)12-14-48(47)57(50)21-24-74-29-32-78-36-35-76-30-27-72-22-17-53(61)80-58-51(59)15-16-52(58)60/h6,9-14,39-41,49H,7-8,15-38H2,1-5H3,(H,62,63,64)(H,65,66,67)(H,68,69,70)/b9-6+,50-10+. The first-order valence-corrected chi connectivity index (χ1v) is 32.0. The number of carbonyl (C=O) groups excluding carboxylic acids is 3. The molecule has 466 valence electrons. The molecule has 3 N–H and O–H groups in total. The summed E-state index contributed by atoms with van der Waals surface area (Å²) in [6.07, 6.45) is 12.8. The van der Waals surface area contributed by atoms with Crippen LogP contribution in [0.2, 0.25) is 0 Å². The van der Waals surface area contributed by atoms with E-state index in [-0.39, 0.29) is 115 Å². The third kappa shape index (κ3) is 23.1. The number of methoxy groups -OCH3 is 1. The molecule has 1 aliphatic carbocycles. The maximum atomic E-state index is 12.5. The lowest BCUT2D eigenvalue weighted by Crippen LogP contribution is -2.32. The molecule has 1 saturated heterocycles. The van der Waals surface area contributed by atoms with Gasteiger partial charge in [0.05, 0.1) is 122 Å². The smallest absolute Gasteiger partial charge is 0.335 e. The second-order valence-corrected chi connectivity index (χ2v) is 25.3. The quantitative estimate of drug-likeness (QED) is 0.0461. The Hall–Kier alpha value is -4.92. The predicted molar refractivity (Wildman–Crippen MR) is 302 cm³/mol. The highest BCUT2D eigenvalue weighted by molar-refractivity contribution is 7.86. The minimum Gasteiger partial charge on any atom is -0.482 e. The van der Waals surface area contributed by atoms with Crippen LogP contribution in [0.4, 0.5) is 5.69 Å². The Bertz CT molecular complexity index is 2860. The minimum absolute atomic E-state index is 0.00239. The van der Waals surface area contributed by atoms with Crippen molar-refractivity contribution >= 4 is 53.8 Å². The number of allylic oxidation sites excluding steroid dienone is 7. The molecule has 3 heterocycles. The highest BCUT2D eigenvalue weighted by Crippen LogP contribution is 2.51. The fourth-order valence-corrected chi connectivity index (χ4v) is 10.9. The number of nitrogens with zero attached hydrogens (tertiary/aromatic N) is 3. The van der Waals surface area contributed by atoms with Crippen LogP contribution in [0.15, 0.2) is 93.9 Å². The van der Waals surface area contributed by atoms with E-state index in [0.717, 1.165) is 16.8 Å². The lowest BCUT2D eigenvalue weighted by molar-refractivity contribution is -0.198. The molecule has 28 heteroatoms. The first kappa shape index (κ1) is 68.9. The van der Waals surface area contributed by atoms with Crippen molar-refractivity contribution in [3.63, 3.8) is 0 Å². The van der Waals surface area contributed by atoms with Crippen LogP contribution in [-0.4, -0.2) is 210 Å². The van der Waals surface area contributed by atoms with Crippen LogP contribution < -0.4 is 4.90 Å². The number of hydrogen-bond acceptors (Lipinski definition) is 21. The Morgan fingerprint density at radius 3 is 1.87 bits per heavy atom. The predicted octanol–water partition coefficient (Wildman–Crippen LogP) is 4.54. The van der Waals surface area contributed by atoms with Gasteiger partial charge in [-0.25, -0.2) is 4.79 Å². The maximum absolute atomic E-state index is 12.5. The van der Waals surface area contributed by atoms with Crippen LogP contribution >= 0.6 is 0 Å². The summed E-state index contributed by atoms with van der Waals surface area (Å²) in [4.78, 5) is 43.5. The van der Waals surface area contributed by atoms with Gasteiger partial charge in [0.15, 0.2) is 0 Å². The fourth-order valence-electron chi connectivity index (χ4n) is 9.35. The number of carbonyl (C=O) groups is 3. The van der Waals surface area contributed by atoms with Crippen LogP contribution in [0.5, 0.6) is 0 Å². The van der Waals surface area contributed by atoms with E-state index in [1.54, 1.807) is 25.3 Å². The molecule has 1 aromatic carbocycles. The van der Waals surface area contributed by atoms with E-state index in [2.05, 4.69) is 20.8 Å².